The van der Waals surface area contributed by atoms with Gasteiger partial charge in [-0.25, -0.2) is 0 Å². The number of nitrogens with one attached hydrogen (secondary N) is 1. The van der Waals surface area contributed by atoms with E-state index < -0.39 is 5.97 Å². The molecule has 6 nitrogen and oxygen atoms in total. The van der Waals surface area contributed by atoms with Crippen LogP contribution in [0, 0.1) is 5.41 Å². The van der Waals surface area contributed by atoms with Crippen molar-refractivity contribution < 1.29 is 14.6 Å². The van der Waals surface area contributed by atoms with Crippen LogP contribution in [0.15, 0.2) is 30.3 Å². The van der Waals surface area contributed by atoms with E-state index in [1.165, 1.54) is 5.56 Å². The van der Waals surface area contributed by atoms with Crippen LogP contribution in [0.4, 0.5) is 0 Å². The van der Waals surface area contributed by atoms with Crippen molar-refractivity contribution in [2.75, 3.05) is 19.7 Å². The Kier molecular flexibility index (Phi) is 6.69. The van der Waals surface area contributed by atoms with Gasteiger partial charge in [-0.3, -0.25) is 15.1 Å². The van der Waals surface area contributed by atoms with Crippen molar-refractivity contribution in [1.82, 2.24) is 4.90 Å². The van der Waals surface area contributed by atoms with Crippen LogP contribution in [0.1, 0.15) is 12.5 Å². The van der Waals surface area contributed by atoms with Crippen LogP contribution in [0.3, 0.4) is 0 Å². The number of aliphatic carboxylic acids is 1. The zero-order chi connectivity index (χ0) is 15.0. The van der Waals surface area contributed by atoms with Crippen LogP contribution in [0.2, 0.25) is 0 Å². The Labute approximate surface area is 118 Å². The van der Waals surface area contributed by atoms with Gasteiger partial charge in [0.1, 0.15) is 11.9 Å². The van der Waals surface area contributed by atoms with Crippen molar-refractivity contribution in [3.63, 3.8) is 0 Å². The molecule has 0 amide bonds. The van der Waals surface area contributed by atoms with Crippen LogP contribution in [-0.2, 0) is 16.1 Å². The van der Waals surface area contributed by atoms with Gasteiger partial charge in [0, 0.05) is 26.6 Å². The number of nitrogens with zero attached hydrogens (tertiary/aromatic N) is 1. The molecule has 6 heteroatoms. The highest BCUT2D eigenvalue weighted by Crippen LogP contribution is 2.10. The second-order valence-electron chi connectivity index (χ2n) is 4.55. The number of rotatable bonds is 3. The van der Waals surface area contributed by atoms with Gasteiger partial charge in [-0.15, -0.1) is 0 Å². The predicted molar refractivity (Wildman–Crippen MR) is 76.7 cm³/mol. The summed E-state index contributed by atoms with van der Waals surface area (Å²) < 4.78 is 5.42. The molecule has 0 radical (unpaired) electrons. The fourth-order valence-electron chi connectivity index (χ4n) is 1.88. The molecule has 1 atom stereocenters. The lowest BCUT2D eigenvalue weighted by atomic mass is 10.2. The molecule has 1 saturated heterocycles. The summed E-state index contributed by atoms with van der Waals surface area (Å²) in [5, 5.41) is 14.8. The maximum absolute atomic E-state index is 9.00. The van der Waals surface area contributed by atoms with Crippen molar-refractivity contribution in [2.24, 2.45) is 5.73 Å². The SMILES string of the molecule is CC(=O)O.N=C(N)C1CN(Cc2ccccc2)CCO1. The number of nitrogens with two attached hydrogens (primary N) is 1. The van der Waals surface area contributed by atoms with Crippen molar-refractivity contribution >= 4 is 11.8 Å². The Balaban J connectivity index is 0.000000444. The van der Waals surface area contributed by atoms with Gasteiger partial charge in [0.25, 0.3) is 5.97 Å². The van der Waals surface area contributed by atoms with Crippen molar-refractivity contribution in [3.05, 3.63) is 35.9 Å². The average Bonchev–Trinajstić information content (AvgIpc) is 2.39. The van der Waals surface area contributed by atoms with Gasteiger partial charge in [0.2, 0.25) is 0 Å². The number of hydrogen-bond donors (Lipinski definition) is 3. The zero-order valence-corrected chi connectivity index (χ0v) is 11.6. The molecule has 1 aliphatic rings. The molecule has 1 aromatic carbocycles. The number of carbonyl (C=O) groups is 1. The van der Waals surface area contributed by atoms with E-state index in [4.69, 9.17) is 25.8 Å². The minimum atomic E-state index is -0.833. The molecule has 4 N–H and O–H groups in total. The van der Waals surface area contributed by atoms with Gasteiger partial charge in [-0.1, -0.05) is 30.3 Å². The fraction of sp³-hybridized carbons (Fsp3) is 0.429. The van der Waals surface area contributed by atoms with Gasteiger partial charge < -0.3 is 15.6 Å². The summed E-state index contributed by atoms with van der Waals surface area (Å²) in [4.78, 5) is 11.3. The Morgan fingerprint density at radius 2 is 2.10 bits per heavy atom. The van der Waals surface area contributed by atoms with Gasteiger partial charge >= 0.3 is 0 Å². The van der Waals surface area contributed by atoms with E-state index in [1.807, 2.05) is 18.2 Å². The average molecular weight is 279 g/mol. The van der Waals surface area contributed by atoms with Crippen molar-refractivity contribution in [3.8, 4) is 0 Å². The largest absolute Gasteiger partial charge is 0.481 e. The first-order chi connectivity index (χ1) is 9.49. The summed E-state index contributed by atoms with van der Waals surface area (Å²) in [5.41, 5.74) is 6.74. The van der Waals surface area contributed by atoms with E-state index in [-0.39, 0.29) is 11.9 Å². The molecule has 0 aromatic heterocycles. The minimum absolute atomic E-state index is 0.123. The summed E-state index contributed by atoms with van der Waals surface area (Å²) in [6.45, 7) is 4.24. The molecule has 1 heterocycles. The molecule has 1 unspecified atom stereocenters. The van der Waals surface area contributed by atoms with Gasteiger partial charge in [0.15, 0.2) is 0 Å². The molecule has 1 aliphatic heterocycles. The van der Waals surface area contributed by atoms with Crippen LogP contribution >= 0.6 is 0 Å². The van der Waals surface area contributed by atoms with E-state index in [0.717, 1.165) is 20.0 Å². The van der Waals surface area contributed by atoms with Gasteiger partial charge in [-0.2, -0.15) is 0 Å². The lowest BCUT2D eigenvalue weighted by Gasteiger charge is -2.32. The first-order valence-corrected chi connectivity index (χ1v) is 6.40. The minimum Gasteiger partial charge on any atom is -0.481 e. The summed E-state index contributed by atoms with van der Waals surface area (Å²) in [6.07, 6.45) is -0.238. The Bertz CT molecular complexity index is 433. The molecule has 20 heavy (non-hydrogen) atoms. The second kappa shape index (κ2) is 8.29. The first-order valence-electron chi connectivity index (χ1n) is 6.40. The van der Waals surface area contributed by atoms with E-state index >= 15 is 0 Å². The van der Waals surface area contributed by atoms with Crippen molar-refractivity contribution in [2.45, 2.75) is 19.6 Å². The molecule has 0 spiro atoms. The Hall–Kier alpha value is -1.92. The molecule has 110 valence electrons. The van der Waals surface area contributed by atoms with Crippen molar-refractivity contribution in [1.29, 1.82) is 5.41 Å². The monoisotopic (exact) mass is 279 g/mol. The van der Waals surface area contributed by atoms with E-state index in [9.17, 15) is 0 Å². The Morgan fingerprint density at radius 3 is 2.65 bits per heavy atom. The topological polar surface area (TPSA) is 99.6 Å². The number of carboxylic acid groups (broad SMARTS) is 1. The summed E-state index contributed by atoms with van der Waals surface area (Å²) in [6, 6.07) is 10.3. The quantitative estimate of drug-likeness (QED) is 0.564. The molecular formula is C14H21N3O3. The number of carboxylic acids is 1. The number of amidine groups is 1. The van der Waals surface area contributed by atoms with E-state index in [1.54, 1.807) is 0 Å². The highest BCUT2D eigenvalue weighted by molar-refractivity contribution is 5.82. The van der Waals surface area contributed by atoms with E-state index in [0.29, 0.717) is 13.2 Å². The molecule has 0 bridgehead atoms. The third kappa shape index (κ3) is 6.31. The molecule has 0 saturated carbocycles. The number of morpholine rings is 1. The van der Waals surface area contributed by atoms with E-state index in [2.05, 4.69) is 17.0 Å². The lowest BCUT2D eigenvalue weighted by Crippen LogP contribution is -2.47. The van der Waals surface area contributed by atoms with Crippen LogP contribution in [0.5, 0.6) is 0 Å². The highest BCUT2D eigenvalue weighted by atomic mass is 16.5. The molecule has 2 rings (SSSR count). The summed E-state index contributed by atoms with van der Waals surface area (Å²) >= 11 is 0. The number of hydrogen-bond acceptors (Lipinski definition) is 4. The lowest BCUT2D eigenvalue weighted by molar-refractivity contribution is -0.134. The molecule has 1 aromatic rings. The van der Waals surface area contributed by atoms with Crippen LogP contribution in [-0.4, -0.2) is 47.6 Å². The van der Waals surface area contributed by atoms with Crippen LogP contribution < -0.4 is 5.73 Å². The van der Waals surface area contributed by atoms with Gasteiger partial charge in [-0.05, 0) is 5.56 Å². The normalized spacial score (nSPS) is 18.8. The molecule has 0 aliphatic carbocycles. The van der Waals surface area contributed by atoms with Crippen LogP contribution in [0.25, 0.3) is 0 Å². The maximum atomic E-state index is 9.00. The maximum Gasteiger partial charge on any atom is 0.300 e. The third-order valence-electron chi connectivity index (χ3n) is 2.75. The standard InChI is InChI=1S/C12H17N3O.C2H4O2/c13-12(14)11-9-15(6-7-16-11)8-10-4-2-1-3-5-10;1-2(3)4/h1-5,11H,6-9H2,(H3,13,14);1H3,(H,3,4). The second-order valence-corrected chi connectivity index (χ2v) is 4.55. The zero-order valence-electron chi connectivity index (χ0n) is 11.6. The Morgan fingerprint density at radius 1 is 1.50 bits per heavy atom. The fourth-order valence-corrected chi connectivity index (χ4v) is 1.88. The molecular weight excluding hydrogens is 258 g/mol. The predicted octanol–water partition coefficient (Wildman–Crippen LogP) is 0.914. The van der Waals surface area contributed by atoms with Gasteiger partial charge in [0.05, 0.1) is 6.61 Å². The number of benzene rings is 1. The first kappa shape index (κ1) is 16.1. The third-order valence-corrected chi connectivity index (χ3v) is 2.75. The smallest absolute Gasteiger partial charge is 0.300 e. The summed E-state index contributed by atoms with van der Waals surface area (Å²) in [5.74, 6) is -0.710. The number of ether oxygens (including phenoxy) is 1. The molecule has 1 fully saturated rings. The highest BCUT2D eigenvalue weighted by Gasteiger charge is 2.22. The summed E-state index contributed by atoms with van der Waals surface area (Å²) in [7, 11) is 0.